The van der Waals surface area contributed by atoms with Crippen LogP contribution in [0.4, 0.5) is 10.2 Å². The molecule has 1 aromatic heterocycles. The maximum atomic E-state index is 13.0. The average molecular weight is 324 g/mol. The van der Waals surface area contributed by atoms with Gasteiger partial charge in [0.25, 0.3) is 0 Å². The number of nitrogens with two attached hydrogens (primary N) is 1. The molecule has 6 heteroatoms. The number of benzene rings is 1. The van der Waals surface area contributed by atoms with E-state index in [1.54, 1.807) is 6.07 Å². The first kappa shape index (κ1) is 12.3. The van der Waals surface area contributed by atoms with Crippen LogP contribution in [-0.4, -0.2) is 9.97 Å². The predicted molar refractivity (Wildman–Crippen MR) is 72.6 cm³/mol. The standard InChI is InChI=1S/C13H11BrFN3O/c14-9-5-8(15)3-4-10(9)19-12-6-11(16)17-13(18-12)7-1-2-7/h3-7H,1-2H2,(H2,16,17,18). The monoisotopic (exact) mass is 323 g/mol. The third-order valence-electron chi connectivity index (χ3n) is 2.79. The third-order valence-corrected chi connectivity index (χ3v) is 3.41. The molecule has 0 aliphatic heterocycles. The number of hydrogen-bond acceptors (Lipinski definition) is 4. The van der Waals surface area contributed by atoms with Gasteiger partial charge in [-0.05, 0) is 47.0 Å². The van der Waals surface area contributed by atoms with Gasteiger partial charge in [0.1, 0.15) is 23.2 Å². The van der Waals surface area contributed by atoms with Crippen LogP contribution in [0.15, 0.2) is 28.7 Å². The van der Waals surface area contributed by atoms with Gasteiger partial charge in [-0.25, -0.2) is 9.37 Å². The van der Waals surface area contributed by atoms with Gasteiger partial charge < -0.3 is 10.5 Å². The van der Waals surface area contributed by atoms with E-state index in [0.717, 1.165) is 12.8 Å². The molecule has 1 aromatic carbocycles. The summed E-state index contributed by atoms with van der Waals surface area (Å²) >= 11 is 3.24. The lowest BCUT2D eigenvalue weighted by atomic mass is 10.3. The minimum absolute atomic E-state index is 0.333. The summed E-state index contributed by atoms with van der Waals surface area (Å²) in [7, 11) is 0. The molecule has 3 rings (SSSR count). The molecule has 19 heavy (non-hydrogen) atoms. The Kier molecular flexibility index (Phi) is 3.10. The lowest BCUT2D eigenvalue weighted by Crippen LogP contribution is -2.00. The third kappa shape index (κ3) is 2.84. The normalized spacial score (nSPS) is 14.4. The van der Waals surface area contributed by atoms with Crippen molar-refractivity contribution < 1.29 is 9.13 Å². The van der Waals surface area contributed by atoms with E-state index >= 15 is 0 Å². The van der Waals surface area contributed by atoms with Crippen LogP contribution in [0, 0.1) is 5.82 Å². The van der Waals surface area contributed by atoms with E-state index in [1.807, 2.05) is 0 Å². The number of rotatable bonds is 3. The summed E-state index contributed by atoms with van der Waals surface area (Å²) in [6.45, 7) is 0. The van der Waals surface area contributed by atoms with E-state index in [4.69, 9.17) is 10.5 Å². The molecule has 0 bridgehead atoms. The zero-order valence-electron chi connectivity index (χ0n) is 9.94. The minimum Gasteiger partial charge on any atom is -0.438 e. The fourth-order valence-electron chi connectivity index (χ4n) is 1.71. The molecule has 1 saturated carbocycles. The van der Waals surface area contributed by atoms with E-state index in [-0.39, 0.29) is 5.82 Å². The van der Waals surface area contributed by atoms with Gasteiger partial charge in [-0.15, -0.1) is 0 Å². The van der Waals surface area contributed by atoms with E-state index in [2.05, 4.69) is 25.9 Å². The van der Waals surface area contributed by atoms with Gasteiger partial charge in [0.05, 0.1) is 4.47 Å². The Labute approximate surface area is 118 Å². The highest BCUT2D eigenvalue weighted by atomic mass is 79.9. The highest BCUT2D eigenvalue weighted by molar-refractivity contribution is 9.10. The Morgan fingerprint density at radius 1 is 1.26 bits per heavy atom. The molecular weight excluding hydrogens is 313 g/mol. The molecule has 1 heterocycles. The first-order valence-corrected chi connectivity index (χ1v) is 6.68. The van der Waals surface area contributed by atoms with Crippen molar-refractivity contribution in [2.75, 3.05) is 5.73 Å². The molecule has 0 radical (unpaired) electrons. The zero-order valence-corrected chi connectivity index (χ0v) is 11.5. The highest BCUT2D eigenvalue weighted by Gasteiger charge is 2.27. The molecule has 2 aromatic rings. The predicted octanol–water partition coefficient (Wildman–Crippen LogP) is 3.63. The molecule has 98 valence electrons. The van der Waals surface area contributed by atoms with Gasteiger partial charge in [-0.1, -0.05) is 0 Å². The molecule has 0 unspecified atom stereocenters. The quantitative estimate of drug-likeness (QED) is 0.936. The zero-order chi connectivity index (χ0) is 13.4. The molecular formula is C13H11BrFN3O. The SMILES string of the molecule is Nc1cc(Oc2ccc(F)cc2Br)nc(C2CC2)n1. The van der Waals surface area contributed by atoms with Crippen molar-refractivity contribution in [3.05, 3.63) is 40.4 Å². The van der Waals surface area contributed by atoms with Crippen LogP contribution in [0.25, 0.3) is 0 Å². The molecule has 4 nitrogen and oxygen atoms in total. The molecule has 0 atom stereocenters. The van der Waals surface area contributed by atoms with Crippen LogP contribution in [0.3, 0.4) is 0 Å². The summed E-state index contributed by atoms with van der Waals surface area (Å²) in [5.74, 6) is 2.02. The molecule has 0 spiro atoms. The van der Waals surface area contributed by atoms with Gasteiger partial charge in [0.2, 0.25) is 5.88 Å². The van der Waals surface area contributed by atoms with Crippen LogP contribution in [-0.2, 0) is 0 Å². The second-order valence-electron chi connectivity index (χ2n) is 4.44. The van der Waals surface area contributed by atoms with Gasteiger partial charge in [0.15, 0.2) is 0 Å². The molecule has 1 aliphatic carbocycles. The van der Waals surface area contributed by atoms with E-state index < -0.39 is 0 Å². The van der Waals surface area contributed by atoms with Crippen LogP contribution >= 0.6 is 15.9 Å². The topological polar surface area (TPSA) is 61.0 Å². The van der Waals surface area contributed by atoms with Crippen LogP contribution < -0.4 is 10.5 Å². The number of nitrogen functional groups attached to an aromatic ring is 1. The number of anilines is 1. The summed E-state index contributed by atoms with van der Waals surface area (Å²) in [4.78, 5) is 8.52. The average Bonchev–Trinajstić information content (AvgIpc) is 3.16. The Balaban J connectivity index is 1.89. The van der Waals surface area contributed by atoms with Crippen LogP contribution in [0.2, 0.25) is 0 Å². The summed E-state index contributed by atoms with van der Waals surface area (Å²) in [6.07, 6.45) is 2.17. The van der Waals surface area contributed by atoms with Crippen molar-refractivity contribution in [1.82, 2.24) is 9.97 Å². The molecule has 2 N–H and O–H groups in total. The largest absolute Gasteiger partial charge is 0.438 e. The van der Waals surface area contributed by atoms with E-state index in [9.17, 15) is 4.39 Å². The Morgan fingerprint density at radius 3 is 2.74 bits per heavy atom. The number of halogens is 2. The van der Waals surface area contributed by atoms with E-state index in [0.29, 0.717) is 33.7 Å². The van der Waals surface area contributed by atoms with Crippen molar-refractivity contribution in [1.29, 1.82) is 0 Å². The first-order chi connectivity index (χ1) is 9.11. The summed E-state index contributed by atoms with van der Waals surface area (Å²) in [5.41, 5.74) is 5.74. The van der Waals surface area contributed by atoms with Crippen LogP contribution in [0.5, 0.6) is 11.6 Å². The number of nitrogens with zero attached hydrogens (tertiary/aromatic N) is 2. The van der Waals surface area contributed by atoms with Crippen molar-refractivity contribution >= 4 is 21.7 Å². The fourth-order valence-corrected chi connectivity index (χ4v) is 2.14. The number of hydrogen-bond donors (Lipinski definition) is 1. The van der Waals surface area contributed by atoms with E-state index in [1.165, 1.54) is 18.2 Å². The molecule has 1 fully saturated rings. The maximum Gasteiger partial charge on any atom is 0.224 e. The lowest BCUT2D eigenvalue weighted by Gasteiger charge is -2.08. The van der Waals surface area contributed by atoms with Crippen molar-refractivity contribution in [2.45, 2.75) is 18.8 Å². The Morgan fingerprint density at radius 2 is 2.05 bits per heavy atom. The van der Waals surface area contributed by atoms with Gasteiger partial charge in [0, 0.05) is 12.0 Å². The molecule has 0 saturated heterocycles. The van der Waals surface area contributed by atoms with Crippen molar-refractivity contribution in [2.24, 2.45) is 0 Å². The highest BCUT2D eigenvalue weighted by Crippen LogP contribution is 2.39. The second-order valence-corrected chi connectivity index (χ2v) is 5.29. The van der Waals surface area contributed by atoms with Gasteiger partial charge >= 0.3 is 0 Å². The smallest absolute Gasteiger partial charge is 0.224 e. The van der Waals surface area contributed by atoms with Crippen molar-refractivity contribution in [3.8, 4) is 11.6 Å². The summed E-state index contributed by atoms with van der Waals surface area (Å²) in [6, 6.07) is 5.75. The summed E-state index contributed by atoms with van der Waals surface area (Å²) in [5, 5.41) is 0. The Bertz CT molecular complexity index is 631. The van der Waals surface area contributed by atoms with Gasteiger partial charge in [-0.2, -0.15) is 4.98 Å². The number of ether oxygens (including phenoxy) is 1. The molecule has 1 aliphatic rings. The first-order valence-electron chi connectivity index (χ1n) is 5.89. The maximum absolute atomic E-state index is 13.0. The van der Waals surface area contributed by atoms with Crippen molar-refractivity contribution in [3.63, 3.8) is 0 Å². The molecule has 0 amide bonds. The minimum atomic E-state index is -0.333. The van der Waals surface area contributed by atoms with Crippen LogP contribution in [0.1, 0.15) is 24.6 Å². The second kappa shape index (κ2) is 4.77. The van der Waals surface area contributed by atoms with Gasteiger partial charge in [-0.3, -0.25) is 0 Å². The number of aromatic nitrogens is 2. The summed E-state index contributed by atoms with van der Waals surface area (Å²) < 4.78 is 19.1. The fraction of sp³-hybridized carbons (Fsp3) is 0.231. The lowest BCUT2D eigenvalue weighted by molar-refractivity contribution is 0.454. The Hall–Kier alpha value is -1.69.